The van der Waals surface area contributed by atoms with E-state index in [2.05, 4.69) is 6.58 Å². The molecule has 1 saturated heterocycles. The van der Waals surface area contributed by atoms with Crippen LogP contribution in [0, 0.1) is 5.92 Å². The van der Waals surface area contributed by atoms with E-state index in [1.165, 1.54) is 11.0 Å². The lowest BCUT2D eigenvalue weighted by Gasteiger charge is -2.47. The van der Waals surface area contributed by atoms with E-state index in [1.54, 1.807) is 62.6 Å². The van der Waals surface area contributed by atoms with Gasteiger partial charge in [-0.3, -0.25) is 9.59 Å². The molecule has 7 nitrogen and oxygen atoms in total. The molecule has 0 aliphatic carbocycles. The minimum atomic E-state index is -0.913. The van der Waals surface area contributed by atoms with Crippen LogP contribution in [0.25, 0.3) is 0 Å². The van der Waals surface area contributed by atoms with Crippen molar-refractivity contribution in [2.75, 3.05) is 18.6 Å². The first-order valence-corrected chi connectivity index (χ1v) is 9.48. The number of hydrogen-bond acceptors (Lipinski definition) is 6. The quantitative estimate of drug-likeness (QED) is 0.287. The van der Waals surface area contributed by atoms with Crippen LogP contribution >= 0.6 is 0 Å². The number of benzene rings is 2. The first-order chi connectivity index (χ1) is 14.5. The van der Waals surface area contributed by atoms with Gasteiger partial charge in [0, 0.05) is 11.3 Å². The molecule has 1 aliphatic rings. The van der Waals surface area contributed by atoms with Gasteiger partial charge < -0.3 is 19.1 Å². The van der Waals surface area contributed by atoms with Crippen molar-refractivity contribution in [3.8, 4) is 5.75 Å². The molecule has 0 bridgehead atoms. The van der Waals surface area contributed by atoms with Crippen molar-refractivity contribution >= 4 is 23.5 Å². The Morgan fingerprint density at radius 1 is 1.13 bits per heavy atom. The fraction of sp³-hybridized carbons (Fsp3) is 0.261. The van der Waals surface area contributed by atoms with Crippen LogP contribution in [0.15, 0.2) is 67.3 Å². The van der Waals surface area contributed by atoms with E-state index >= 15 is 0 Å². The first-order valence-electron chi connectivity index (χ1n) is 9.48. The summed E-state index contributed by atoms with van der Waals surface area (Å²) in [5.41, 5.74) is 1.03. The molecule has 0 radical (unpaired) electrons. The van der Waals surface area contributed by atoms with Crippen molar-refractivity contribution in [1.82, 2.24) is 0 Å². The molecular formula is C23H23NO6. The van der Waals surface area contributed by atoms with E-state index in [0.29, 0.717) is 17.0 Å². The summed E-state index contributed by atoms with van der Waals surface area (Å²) in [5, 5.41) is 0. The summed E-state index contributed by atoms with van der Waals surface area (Å²) in [6.07, 6.45) is -0.348. The minimum absolute atomic E-state index is 0.00544. The highest BCUT2D eigenvalue weighted by molar-refractivity contribution is 6.17. The molecule has 1 heterocycles. The SMILES string of the molecule is C=CCOC(=O)OC(C)[C@@H]1C(=O)N(c2ccc(OC)cc2)[C@H]1C(=O)c1ccccc1. The van der Waals surface area contributed by atoms with Crippen molar-refractivity contribution in [1.29, 1.82) is 0 Å². The Balaban J connectivity index is 1.87. The van der Waals surface area contributed by atoms with Crippen LogP contribution in [0.4, 0.5) is 10.5 Å². The molecule has 3 rings (SSSR count). The number of ketones is 1. The van der Waals surface area contributed by atoms with E-state index in [4.69, 9.17) is 14.2 Å². The second kappa shape index (κ2) is 9.26. The van der Waals surface area contributed by atoms with Gasteiger partial charge in [0.15, 0.2) is 5.78 Å². The summed E-state index contributed by atoms with van der Waals surface area (Å²) in [7, 11) is 1.55. The van der Waals surface area contributed by atoms with Crippen LogP contribution in [0.3, 0.4) is 0 Å². The number of amides is 1. The third-order valence-corrected chi connectivity index (χ3v) is 4.93. The van der Waals surface area contributed by atoms with E-state index in [-0.39, 0.29) is 18.3 Å². The highest BCUT2D eigenvalue weighted by atomic mass is 16.7. The molecule has 0 saturated carbocycles. The summed E-state index contributed by atoms with van der Waals surface area (Å²) in [5.74, 6) is -0.726. The van der Waals surface area contributed by atoms with Crippen molar-refractivity contribution in [3.05, 3.63) is 72.8 Å². The molecule has 2 aromatic rings. The van der Waals surface area contributed by atoms with Crippen molar-refractivity contribution in [2.45, 2.75) is 19.1 Å². The Hall–Kier alpha value is -3.61. The zero-order chi connectivity index (χ0) is 21.7. The molecule has 1 amide bonds. The lowest BCUT2D eigenvalue weighted by atomic mass is 9.78. The van der Waals surface area contributed by atoms with Gasteiger partial charge in [-0.2, -0.15) is 0 Å². The van der Waals surface area contributed by atoms with Gasteiger partial charge in [0.25, 0.3) is 0 Å². The van der Waals surface area contributed by atoms with Gasteiger partial charge in [-0.1, -0.05) is 43.0 Å². The number of carbonyl (C=O) groups is 3. The number of β-lactam (4-membered cyclic amide) rings is 1. The average Bonchev–Trinajstić information content (AvgIpc) is 2.76. The van der Waals surface area contributed by atoms with E-state index in [1.807, 2.05) is 6.07 Å². The molecule has 1 unspecified atom stereocenters. The fourth-order valence-electron chi connectivity index (χ4n) is 3.44. The Bertz CT molecular complexity index is 924. The summed E-state index contributed by atoms with van der Waals surface area (Å²) in [6.45, 7) is 5.04. The smallest absolute Gasteiger partial charge is 0.497 e. The van der Waals surface area contributed by atoms with Crippen molar-refractivity contribution in [3.63, 3.8) is 0 Å². The second-order valence-corrected chi connectivity index (χ2v) is 6.78. The molecule has 1 aliphatic heterocycles. The molecule has 7 heteroatoms. The van der Waals surface area contributed by atoms with Gasteiger partial charge in [0.05, 0.1) is 7.11 Å². The highest BCUT2D eigenvalue weighted by Crippen LogP contribution is 2.38. The number of nitrogens with zero attached hydrogens (tertiary/aromatic N) is 1. The second-order valence-electron chi connectivity index (χ2n) is 6.78. The zero-order valence-electron chi connectivity index (χ0n) is 16.8. The standard InChI is InChI=1S/C23H23NO6/c1-4-14-29-23(27)30-15(2)19-20(21(25)16-8-6-5-7-9-16)24(22(19)26)17-10-12-18(28-3)13-11-17/h4-13,15,19-20H,1,14H2,2-3H3/t15?,19-,20+/m0/s1. The Kier molecular flexibility index (Phi) is 6.51. The van der Waals surface area contributed by atoms with Crippen molar-refractivity contribution in [2.24, 2.45) is 5.92 Å². The fourth-order valence-corrected chi connectivity index (χ4v) is 3.44. The molecule has 0 spiro atoms. The Morgan fingerprint density at radius 3 is 2.40 bits per heavy atom. The summed E-state index contributed by atoms with van der Waals surface area (Å²) < 4.78 is 15.2. The molecule has 1 fully saturated rings. The number of anilines is 1. The maximum absolute atomic E-state index is 13.2. The van der Waals surface area contributed by atoms with Gasteiger partial charge in [-0.15, -0.1) is 0 Å². The maximum atomic E-state index is 13.2. The molecular weight excluding hydrogens is 386 g/mol. The summed E-state index contributed by atoms with van der Waals surface area (Å²) >= 11 is 0. The number of rotatable bonds is 8. The number of carbonyl (C=O) groups excluding carboxylic acids is 3. The van der Waals surface area contributed by atoms with Gasteiger partial charge in [-0.25, -0.2) is 4.79 Å². The number of methoxy groups -OCH3 is 1. The van der Waals surface area contributed by atoms with E-state index in [0.717, 1.165) is 0 Å². The monoisotopic (exact) mass is 409 g/mol. The van der Waals surface area contributed by atoms with Crippen LogP contribution in [0.1, 0.15) is 17.3 Å². The topological polar surface area (TPSA) is 82.1 Å². The Morgan fingerprint density at radius 2 is 1.80 bits per heavy atom. The number of Topliss-reactive ketones (excluding diaryl/α,β-unsaturated/α-hetero) is 1. The van der Waals surface area contributed by atoms with Crippen LogP contribution in [-0.2, 0) is 14.3 Å². The Labute approximate surface area is 174 Å². The summed E-state index contributed by atoms with van der Waals surface area (Å²) in [6, 6.07) is 14.7. The highest BCUT2D eigenvalue weighted by Gasteiger charge is 2.55. The van der Waals surface area contributed by atoms with Crippen molar-refractivity contribution < 1.29 is 28.6 Å². The van der Waals surface area contributed by atoms with Gasteiger partial charge in [-0.05, 0) is 31.2 Å². The largest absolute Gasteiger partial charge is 0.508 e. The number of hydrogen-bond donors (Lipinski definition) is 0. The molecule has 0 aromatic heterocycles. The minimum Gasteiger partial charge on any atom is -0.497 e. The molecule has 156 valence electrons. The molecule has 30 heavy (non-hydrogen) atoms. The van der Waals surface area contributed by atoms with Gasteiger partial charge in [0.2, 0.25) is 5.91 Å². The summed E-state index contributed by atoms with van der Waals surface area (Å²) in [4.78, 5) is 39.5. The van der Waals surface area contributed by atoms with Gasteiger partial charge >= 0.3 is 6.16 Å². The van der Waals surface area contributed by atoms with Crippen LogP contribution in [0.5, 0.6) is 5.75 Å². The number of ether oxygens (including phenoxy) is 3. The zero-order valence-corrected chi connectivity index (χ0v) is 16.8. The van der Waals surface area contributed by atoms with Gasteiger partial charge in [0.1, 0.15) is 30.4 Å². The average molecular weight is 409 g/mol. The first kappa shape index (κ1) is 21.1. The predicted octanol–water partition coefficient (Wildman–Crippen LogP) is 3.64. The lowest BCUT2D eigenvalue weighted by Crippen LogP contribution is -2.68. The molecule has 2 aromatic carbocycles. The maximum Gasteiger partial charge on any atom is 0.508 e. The predicted molar refractivity (Wildman–Crippen MR) is 111 cm³/mol. The third-order valence-electron chi connectivity index (χ3n) is 4.93. The molecule has 0 N–H and O–H groups in total. The normalized spacial score (nSPS) is 18.7. The van der Waals surface area contributed by atoms with Crippen LogP contribution in [-0.4, -0.2) is 43.7 Å². The van der Waals surface area contributed by atoms with E-state index in [9.17, 15) is 14.4 Å². The van der Waals surface area contributed by atoms with Crippen LogP contribution in [0.2, 0.25) is 0 Å². The third kappa shape index (κ3) is 4.20. The molecule has 3 atom stereocenters. The lowest BCUT2D eigenvalue weighted by molar-refractivity contribution is -0.134. The van der Waals surface area contributed by atoms with Crippen LogP contribution < -0.4 is 9.64 Å². The van der Waals surface area contributed by atoms with E-state index < -0.39 is 24.2 Å².